The molecule has 6 heteroatoms. The van der Waals surface area contributed by atoms with Crippen molar-refractivity contribution < 1.29 is 9.69 Å². The number of nitrogens with one attached hydrogen (secondary N) is 2. The maximum Gasteiger partial charge on any atom is 0.276 e. The van der Waals surface area contributed by atoms with E-state index in [4.69, 9.17) is 0 Å². The number of hydrogen-bond donors (Lipinski definition) is 2. The highest BCUT2D eigenvalue weighted by Crippen LogP contribution is 2.39. The predicted octanol–water partition coefficient (Wildman–Crippen LogP) is 2.15. The Bertz CT molecular complexity index is 803. The van der Waals surface area contributed by atoms with E-state index in [1.807, 2.05) is 18.3 Å². The van der Waals surface area contributed by atoms with E-state index in [1.54, 1.807) is 11.3 Å². The standard InChI is InChI=1S/C19H21N3OS2/c1-19(12-20,13-4-5-13)21-17(23)11-22-8-6-15-14(7-10-25-15)18(22)16-3-2-9-24-16/h2-3,7,9-10,13,18H,4-6,8,11H2,1H3,(H,21,23)/p+1/t18-,19+/m1/s1. The van der Waals surface area contributed by atoms with Crippen LogP contribution in [0.25, 0.3) is 0 Å². The van der Waals surface area contributed by atoms with Crippen molar-refractivity contribution in [1.82, 2.24) is 5.32 Å². The normalized spacial score (nSPS) is 24.8. The first kappa shape index (κ1) is 16.8. The molecule has 2 aliphatic rings. The van der Waals surface area contributed by atoms with Crippen LogP contribution in [0, 0.1) is 17.2 Å². The molecule has 0 saturated heterocycles. The van der Waals surface area contributed by atoms with E-state index in [0.717, 1.165) is 25.8 Å². The zero-order valence-corrected chi connectivity index (χ0v) is 15.9. The van der Waals surface area contributed by atoms with Crippen molar-refractivity contribution in [1.29, 1.82) is 5.26 Å². The molecule has 130 valence electrons. The molecule has 1 fully saturated rings. The van der Waals surface area contributed by atoms with Gasteiger partial charge in [-0.3, -0.25) is 4.79 Å². The number of nitriles is 1. The number of quaternary nitrogens is 1. The molecule has 2 aromatic heterocycles. The quantitative estimate of drug-likeness (QED) is 0.845. The molecular weight excluding hydrogens is 350 g/mol. The third-order valence-corrected chi connectivity index (χ3v) is 7.35. The second-order valence-corrected chi connectivity index (χ2v) is 9.20. The SMILES string of the molecule is C[C@@](C#N)(NC(=O)C[NH+]1CCc2sccc2[C@@H]1c1cccs1)C1CC1. The monoisotopic (exact) mass is 372 g/mol. The first-order chi connectivity index (χ1) is 12.1. The van der Waals surface area contributed by atoms with Gasteiger partial charge in [0, 0.05) is 16.9 Å². The van der Waals surface area contributed by atoms with Gasteiger partial charge >= 0.3 is 0 Å². The highest BCUT2D eigenvalue weighted by Gasteiger charge is 2.44. The van der Waals surface area contributed by atoms with Crippen LogP contribution in [0.5, 0.6) is 0 Å². The molecule has 2 N–H and O–H groups in total. The molecule has 4 rings (SSSR count). The van der Waals surface area contributed by atoms with Crippen LogP contribution < -0.4 is 10.2 Å². The van der Waals surface area contributed by atoms with Gasteiger partial charge in [-0.25, -0.2) is 0 Å². The van der Waals surface area contributed by atoms with Crippen LogP contribution >= 0.6 is 22.7 Å². The van der Waals surface area contributed by atoms with Gasteiger partial charge in [-0.1, -0.05) is 6.07 Å². The Hall–Kier alpha value is -1.68. The Balaban J connectivity index is 1.53. The minimum Gasteiger partial charge on any atom is -0.333 e. The fraction of sp³-hybridized carbons (Fsp3) is 0.474. The summed E-state index contributed by atoms with van der Waals surface area (Å²) in [6.07, 6.45) is 3.10. The Morgan fingerprint density at radius 3 is 2.92 bits per heavy atom. The third-order valence-electron chi connectivity index (χ3n) is 5.41. The first-order valence-corrected chi connectivity index (χ1v) is 10.5. The molecule has 0 spiro atoms. The molecule has 1 amide bonds. The summed E-state index contributed by atoms with van der Waals surface area (Å²) in [4.78, 5) is 16.7. The average Bonchev–Trinajstić information content (AvgIpc) is 3.13. The Labute approximate surface area is 156 Å². The van der Waals surface area contributed by atoms with E-state index in [1.165, 1.54) is 20.2 Å². The van der Waals surface area contributed by atoms with Crippen LogP contribution in [0.4, 0.5) is 0 Å². The third kappa shape index (κ3) is 3.24. The van der Waals surface area contributed by atoms with Crippen molar-refractivity contribution >= 4 is 28.6 Å². The van der Waals surface area contributed by atoms with Crippen LogP contribution in [0.3, 0.4) is 0 Å². The lowest BCUT2D eigenvalue weighted by molar-refractivity contribution is -0.919. The summed E-state index contributed by atoms with van der Waals surface area (Å²) in [5.74, 6) is 0.306. The summed E-state index contributed by atoms with van der Waals surface area (Å²) in [5.41, 5.74) is 0.657. The average molecular weight is 373 g/mol. The molecule has 0 aromatic carbocycles. The zero-order valence-electron chi connectivity index (χ0n) is 14.2. The smallest absolute Gasteiger partial charge is 0.276 e. The van der Waals surface area contributed by atoms with Gasteiger partial charge in [0.15, 0.2) is 6.54 Å². The topological polar surface area (TPSA) is 57.3 Å². The predicted molar refractivity (Wildman–Crippen MR) is 99.8 cm³/mol. The van der Waals surface area contributed by atoms with Crippen LogP contribution in [0.15, 0.2) is 29.0 Å². The van der Waals surface area contributed by atoms with Crippen LogP contribution in [-0.2, 0) is 11.2 Å². The molecule has 25 heavy (non-hydrogen) atoms. The van der Waals surface area contributed by atoms with Crippen molar-refractivity contribution in [2.75, 3.05) is 13.1 Å². The fourth-order valence-corrected chi connectivity index (χ4v) is 5.69. The lowest BCUT2D eigenvalue weighted by atomic mass is 9.97. The van der Waals surface area contributed by atoms with Crippen LogP contribution in [0.1, 0.15) is 41.1 Å². The largest absolute Gasteiger partial charge is 0.333 e. The Morgan fingerprint density at radius 1 is 1.40 bits per heavy atom. The lowest BCUT2D eigenvalue weighted by Crippen LogP contribution is -3.14. The number of carbonyl (C=O) groups excluding carboxylic acids is 1. The van der Waals surface area contributed by atoms with E-state index >= 15 is 0 Å². The summed E-state index contributed by atoms with van der Waals surface area (Å²) in [7, 11) is 0. The number of hydrogen-bond acceptors (Lipinski definition) is 4. The minimum absolute atomic E-state index is 0.00816. The number of nitrogens with zero attached hydrogens (tertiary/aromatic N) is 1. The maximum atomic E-state index is 12.7. The summed E-state index contributed by atoms with van der Waals surface area (Å²) in [5, 5.41) is 16.8. The van der Waals surface area contributed by atoms with Crippen molar-refractivity contribution in [2.45, 2.75) is 37.8 Å². The highest BCUT2D eigenvalue weighted by atomic mass is 32.1. The van der Waals surface area contributed by atoms with E-state index < -0.39 is 5.54 Å². The first-order valence-electron chi connectivity index (χ1n) is 8.77. The number of fused-ring (bicyclic) bond motifs is 1. The minimum atomic E-state index is -0.710. The fourth-order valence-electron chi connectivity index (χ4n) is 3.87. The van der Waals surface area contributed by atoms with E-state index in [0.29, 0.717) is 12.5 Å². The molecule has 1 aliphatic heterocycles. The van der Waals surface area contributed by atoms with Gasteiger partial charge in [-0.15, -0.1) is 22.7 Å². The summed E-state index contributed by atoms with van der Waals surface area (Å²) < 4.78 is 0. The molecule has 3 heterocycles. The second kappa shape index (κ2) is 6.56. The molecular formula is C19H22N3OS2+. The molecule has 0 radical (unpaired) electrons. The number of thiophene rings is 2. The van der Waals surface area contributed by atoms with Gasteiger partial charge in [-0.2, -0.15) is 5.26 Å². The van der Waals surface area contributed by atoms with Gasteiger partial charge in [0.05, 0.1) is 17.5 Å². The molecule has 1 saturated carbocycles. The van der Waals surface area contributed by atoms with Gasteiger partial charge in [0.1, 0.15) is 11.6 Å². The van der Waals surface area contributed by atoms with Crippen molar-refractivity contribution in [3.8, 4) is 6.07 Å². The summed E-state index contributed by atoms with van der Waals surface area (Å²) in [6.45, 7) is 3.24. The number of carbonyl (C=O) groups is 1. The summed E-state index contributed by atoms with van der Waals surface area (Å²) in [6, 6.07) is 9.02. The molecule has 4 nitrogen and oxygen atoms in total. The van der Waals surface area contributed by atoms with E-state index in [9.17, 15) is 10.1 Å². The summed E-state index contributed by atoms with van der Waals surface area (Å²) >= 11 is 3.58. The van der Waals surface area contributed by atoms with Gasteiger partial charge < -0.3 is 10.2 Å². The molecule has 0 bridgehead atoms. The maximum absolute atomic E-state index is 12.7. The molecule has 3 atom stereocenters. The lowest BCUT2D eigenvalue weighted by Gasteiger charge is -2.32. The Morgan fingerprint density at radius 2 is 2.24 bits per heavy atom. The second-order valence-electron chi connectivity index (χ2n) is 7.22. The van der Waals surface area contributed by atoms with Gasteiger partial charge in [0.2, 0.25) is 0 Å². The van der Waals surface area contributed by atoms with Gasteiger partial charge in [-0.05, 0) is 48.6 Å². The molecule has 1 unspecified atom stereocenters. The highest BCUT2D eigenvalue weighted by molar-refractivity contribution is 7.10. The van der Waals surface area contributed by atoms with Crippen molar-refractivity contribution in [3.05, 3.63) is 44.3 Å². The zero-order chi connectivity index (χ0) is 17.4. The van der Waals surface area contributed by atoms with Gasteiger partial charge in [0.25, 0.3) is 5.91 Å². The van der Waals surface area contributed by atoms with Crippen LogP contribution in [-0.4, -0.2) is 24.5 Å². The van der Waals surface area contributed by atoms with Crippen molar-refractivity contribution in [3.63, 3.8) is 0 Å². The molecule has 1 aliphatic carbocycles. The van der Waals surface area contributed by atoms with Crippen molar-refractivity contribution in [2.24, 2.45) is 5.92 Å². The number of rotatable bonds is 5. The Kier molecular flexibility index (Phi) is 4.40. The number of amides is 1. The van der Waals surface area contributed by atoms with E-state index in [-0.39, 0.29) is 11.9 Å². The van der Waals surface area contributed by atoms with E-state index in [2.05, 4.69) is 40.3 Å². The molecule has 2 aromatic rings. The van der Waals surface area contributed by atoms with Crippen LogP contribution in [0.2, 0.25) is 0 Å².